The van der Waals surface area contributed by atoms with Gasteiger partial charge in [-0.05, 0) is 47.7 Å². The van der Waals surface area contributed by atoms with Crippen LogP contribution in [0.25, 0.3) is 0 Å². The van der Waals surface area contributed by atoms with Gasteiger partial charge in [0, 0.05) is 19.7 Å². The molecule has 0 radical (unpaired) electrons. The van der Waals surface area contributed by atoms with E-state index in [1.807, 2.05) is 0 Å². The highest BCUT2D eigenvalue weighted by Gasteiger charge is 2.30. The maximum absolute atomic E-state index is 12.8. The Balaban J connectivity index is 1.79. The van der Waals surface area contributed by atoms with Crippen molar-refractivity contribution in [2.24, 2.45) is 7.05 Å². The molecular weight excluding hydrogens is 479 g/mol. The van der Waals surface area contributed by atoms with Crippen LogP contribution in [-0.2, 0) is 24.4 Å². The first-order valence-electron chi connectivity index (χ1n) is 10.9. The predicted molar refractivity (Wildman–Crippen MR) is 126 cm³/mol. The number of anilines is 1. The number of carboxylic acid groups (broad SMARTS) is 1. The highest BCUT2D eigenvalue weighted by molar-refractivity contribution is 5.90. The van der Waals surface area contributed by atoms with Gasteiger partial charge in [-0.25, -0.2) is 4.79 Å². The number of hydrogen-bond donors (Lipinski definition) is 4. The Labute approximate surface area is 204 Å². The number of halogens is 3. The quantitative estimate of drug-likeness (QED) is 0.363. The number of carboxylic acids is 1. The Morgan fingerprint density at radius 2 is 1.75 bits per heavy atom. The number of nitrogens with one attached hydrogen (secondary N) is 2. The van der Waals surface area contributed by atoms with Crippen molar-refractivity contribution < 1.29 is 33.0 Å². The fraction of sp³-hybridized carbons (Fsp3) is 0.240. The Bertz CT molecular complexity index is 1300. The predicted octanol–water partition coefficient (Wildman–Crippen LogP) is 4.43. The summed E-state index contributed by atoms with van der Waals surface area (Å²) in [6.07, 6.45) is -3.00. The lowest BCUT2D eigenvalue weighted by Crippen LogP contribution is -2.35. The summed E-state index contributed by atoms with van der Waals surface area (Å²) in [4.78, 5) is 36.0. The highest BCUT2D eigenvalue weighted by Crippen LogP contribution is 2.29. The zero-order valence-electron chi connectivity index (χ0n) is 19.2. The number of aromatic hydroxyl groups is 1. The van der Waals surface area contributed by atoms with E-state index in [1.54, 1.807) is 24.3 Å². The number of amides is 2. The molecule has 2 amide bonds. The number of hydrogen-bond acceptors (Lipinski definition) is 4. The van der Waals surface area contributed by atoms with Gasteiger partial charge >= 0.3 is 18.2 Å². The molecule has 190 valence electrons. The SMILES string of the molecule is Cn1ccc(O)c(NC(=O)N[C@@H](CCC(=O)O)c2cccc(Cc3ccc(C(F)(F)F)cc3)c2)c1=O. The number of aromatic nitrogens is 1. The summed E-state index contributed by atoms with van der Waals surface area (Å²) in [6, 6.07) is 11.3. The molecule has 4 N–H and O–H groups in total. The van der Waals surface area contributed by atoms with E-state index in [-0.39, 0.29) is 18.5 Å². The van der Waals surface area contributed by atoms with E-state index < -0.39 is 41.1 Å². The number of rotatable bonds is 8. The Kier molecular flexibility index (Phi) is 8.03. The van der Waals surface area contributed by atoms with E-state index >= 15 is 0 Å². The van der Waals surface area contributed by atoms with Crippen molar-refractivity contribution in [2.45, 2.75) is 31.5 Å². The zero-order valence-corrected chi connectivity index (χ0v) is 19.2. The van der Waals surface area contributed by atoms with Crippen LogP contribution in [0.2, 0.25) is 0 Å². The Hall–Kier alpha value is -4.28. The summed E-state index contributed by atoms with van der Waals surface area (Å²) in [5.41, 5.74) is 0.244. The van der Waals surface area contributed by atoms with Crippen LogP contribution in [0.1, 0.15) is 41.1 Å². The average molecular weight is 503 g/mol. The summed E-state index contributed by atoms with van der Waals surface area (Å²) in [5, 5.41) is 24.0. The number of carbonyl (C=O) groups excluding carboxylic acids is 1. The second-order valence-electron chi connectivity index (χ2n) is 8.19. The van der Waals surface area contributed by atoms with E-state index in [0.717, 1.165) is 17.7 Å². The molecule has 0 aliphatic heterocycles. The monoisotopic (exact) mass is 503 g/mol. The molecule has 3 rings (SSSR count). The highest BCUT2D eigenvalue weighted by atomic mass is 19.4. The van der Waals surface area contributed by atoms with E-state index in [2.05, 4.69) is 10.6 Å². The third-order valence-corrected chi connectivity index (χ3v) is 5.48. The number of benzene rings is 2. The van der Waals surface area contributed by atoms with Crippen LogP contribution in [0, 0.1) is 0 Å². The maximum Gasteiger partial charge on any atom is 0.416 e. The molecule has 0 spiro atoms. The van der Waals surface area contributed by atoms with Gasteiger partial charge in [0.05, 0.1) is 11.6 Å². The van der Waals surface area contributed by atoms with Gasteiger partial charge in [-0.15, -0.1) is 0 Å². The molecule has 0 aliphatic rings. The molecule has 1 heterocycles. The summed E-state index contributed by atoms with van der Waals surface area (Å²) in [5.74, 6) is -1.49. The van der Waals surface area contributed by atoms with Crippen LogP contribution >= 0.6 is 0 Å². The van der Waals surface area contributed by atoms with Gasteiger partial charge in [0.25, 0.3) is 5.56 Å². The van der Waals surface area contributed by atoms with Gasteiger partial charge in [-0.2, -0.15) is 13.2 Å². The van der Waals surface area contributed by atoms with Crippen molar-refractivity contribution in [3.8, 4) is 5.75 Å². The zero-order chi connectivity index (χ0) is 26.5. The fourth-order valence-corrected chi connectivity index (χ4v) is 3.60. The molecule has 1 aromatic heterocycles. The minimum Gasteiger partial charge on any atom is -0.505 e. The molecule has 11 heteroatoms. The van der Waals surface area contributed by atoms with E-state index in [0.29, 0.717) is 17.5 Å². The number of aliphatic carboxylic acids is 1. The third-order valence-electron chi connectivity index (χ3n) is 5.48. The van der Waals surface area contributed by atoms with E-state index in [4.69, 9.17) is 5.11 Å². The molecule has 0 saturated carbocycles. The van der Waals surface area contributed by atoms with Crippen molar-refractivity contribution in [1.82, 2.24) is 9.88 Å². The van der Waals surface area contributed by atoms with Crippen molar-refractivity contribution in [2.75, 3.05) is 5.32 Å². The molecule has 0 aliphatic carbocycles. The van der Waals surface area contributed by atoms with Crippen LogP contribution in [0.5, 0.6) is 5.75 Å². The second-order valence-corrected chi connectivity index (χ2v) is 8.19. The smallest absolute Gasteiger partial charge is 0.416 e. The summed E-state index contributed by atoms with van der Waals surface area (Å²) in [6.45, 7) is 0. The van der Waals surface area contributed by atoms with Gasteiger partial charge in [-0.1, -0.05) is 36.4 Å². The molecular formula is C25H24F3N3O5. The third kappa shape index (κ3) is 6.87. The minimum atomic E-state index is -4.43. The number of aryl methyl sites for hydroxylation is 1. The molecule has 1 atom stereocenters. The van der Waals surface area contributed by atoms with Gasteiger partial charge in [-0.3, -0.25) is 9.59 Å². The molecule has 0 unspecified atom stereocenters. The lowest BCUT2D eigenvalue weighted by Gasteiger charge is -2.20. The Morgan fingerprint density at radius 3 is 2.39 bits per heavy atom. The summed E-state index contributed by atoms with van der Waals surface area (Å²) < 4.78 is 39.6. The van der Waals surface area contributed by atoms with Gasteiger partial charge in [0.15, 0.2) is 5.69 Å². The first kappa shape index (κ1) is 26.3. The van der Waals surface area contributed by atoms with Gasteiger partial charge in [0.1, 0.15) is 5.75 Å². The Morgan fingerprint density at radius 1 is 1.06 bits per heavy atom. The van der Waals surface area contributed by atoms with Crippen molar-refractivity contribution in [1.29, 1.82) is 0 Å². The largest absolute Gasteiger partial charge is 0.505 e. The number of alkyl halides is 3. The normalized spacial score (nSPS) is 12.1. The molecule has 0 saturated heterocycles. The number of pyridine rings is 1. The number of urea groups is 1. The fourth-order valence-electron chi connectivity index (χ4n) is 3.60. The van der Waals surface area contributed by atoms with Crippen molar-refractivity contribution >= 4 is 17.7 Å². The molecule has 36 heavy (non-hydrogen) atoms. The van der Waals surface area contributed by atoms with E-state index in [1.165, 1.54) is 36.0 Å². The lowest BCUT2D eigenvalue weighted by atomic mass is 9.97. The van der Waals surface area contributed by atoms with Gasteiger partial charge < -0.3 is 25.4 Å². The molecule has 3 aromatic rings. The summed E-state index contributed by atoms with van der Waals surface area (Å²) in [7, 11) is 1.45. The lowest BCUT2D eigenvalue weighted by molar-refractivity contribution is -0.138. The van der Waals surface area contributed by atoms with Gasteiger partial charge in [0.2, 0.25) is 0 Å². The van der Waals surface area contributed by atoms with Crippen LogP contribution in [0.4, 0.5) is 23.7 Å². The van der Waals surface area contributed by atoms with Crippen molar-refractivity contribution in [3.63, 3.8) is 0 Å². The van der Waals surface area contributed by atoms with Crippen molar-refractivity contribution in [3.05, 3.63) is 93.4 Å². The van der Waals surface area contributed by atoms with Crippen LogP contribution in [0.3, 0.4) is 0 Å². The second kappa shape index (κ2) is 11.0. The minimum absolute atomic E-state index is 0.0330. The maximum atomic E-state index is 12.8. The number of carbonyl (C=O) groups is 2. The van der Waals surface area contributed by atoms with Crippen LogP contribution < -0.4 is 16.2 Å². The van der Waals surface area contributed by atoms with Crippen LogP contribution in [-0.4, -0.2) is 26.8 Å². The first-order valence-corrected chi connectivity index (χ1v) is 10.9. The first-order chi connectivity index (χ1) is 16.9. The summed E-state index contributed by atoms with van der Waals surface area (Å²) >= 11 is 0. The van der Waals surface area contributed by atoms with Crippen LogP contribution in [0.15, 0.2) is 65.6 Å². The molecule has 0 fully saturated rings. The molecule has 8 nitrogen and oxygen atoms in total. The van der Waals surface area contributed by atoms with E-state index in [9.17, 15) is 32.7 Å². The average Bonchev–Trinajstić information content (AvgIpc) is 2.82. The molecule has 0 bridgehead atoms. The number of nitrogens with zero attached hydrogens (tertiary/aromatic N) is 1. The topological polar surface area (TPSA) is 121 Å². The molecule has 2 aromatic carbocycles. The standard InChI is InChI=1S/C25H24F3N3O5/c1-31-12-11-20(32)22(23(31)35)30-24(36)29-19(9-10-21(33)34)17-4-2-3-16(14-17)13-15-5-7-18(8-6-15)25(26,27)28/h2-8,11-12,14,19,32H,9-10,13H2,1H3,(H,33,34)(H2,29,30,36)/t19-/m0/s1.